The highest BCUT2D eigenvalue weighted by Gasteiger charge is 2.27. The van der Waals surface area contributed by atoms with Gasteiger partial charge in [0, 0.05) is 75.9 Å². The largest absolute Gasteiger partial charge is 0.476 e. The predicted molar refractivity (Wildman–Crippen MR) is 257 cm³/mol. The van der Waals surface area contributed by atoms with Gasteiger partial charge in [0.15, 0.2) is 11.2 Å². The molecule has 0 aliphatic heterocycles. The van der Waals surface area contributed by atoms with E-state index in [4.69, 9.17) is 28.8 Å². The number of nitro benzene ring substituents is 1. The van der Waals surface area contributed by atoms with Crippen LogP contribution in [0.3, 0.4) is 0 Å². The predicted octanol–water partition coefficient (Wildman–Crippen LogP) is 4.75. The summed E-state index contributed by atoms with van der Waals surface area (Å²) in [6, 6.07) is 13.9. The molecule has 23 nitrogen and oxygen atoms in total. The van der Waals surface area contributed by atoms with Crippen molar-refractivity contribution in [2.75, 3.05) is 58.9 Å². The molecule has 0 saturated heterocycles. The number of ether oxygens (including phenoxy) is 2. The number of amides is 3. The molecular weight excluding hydrogens is 914 g/mol. The van der Waals surface area contributed by atoms with Crippen LogP contribution >= 0.6 is 8.53 Å². The number of esters is 1. The van der Waals surface area contributed by atoms with Crippen LogP contribution in [0.2, 0.25) is 0 Å². The summed E-state index contributed by atoms with van der Waals surface area (Å²) in [5.74, 6) is -1.73. The summed E-state index contributed by atoms with van der Waals surface area (Å²) in [6.45, 7) is 10.2. The summed E-state index contributed by atoms with van der Waals surface area (Å²) in [5.41, 5.74) is 2.78. The zero-order valence-electron chi connectivity index (χ0n) is 39.8. The number of nitriles is 1. The molecule has 0 fully saturated rings. The highest BCUT2D eigenvalue weighted by molar-refractivity contribution is 7.44. The molecular formula is C45H60N13O10P. The molecule has 4 N–H and O–H groups in total. The van der Waals surface area contributed by atoms with E-state index in [1.807, 2.05) is 27.7 Å². The molecule has 0 aliphatic carbocycles. The van der Waals surface area contributed by atoms with Crippen molar-refractivity contribution in [3.63, 3.8) is 0 Å². The van der Waals surface area contributed by atoms with Gasteiger partial charge in [-0.1, -0.05) is 12.1 Å². The highest BCUT2D eigenvalue weighted by Crippen LogP contribution is 2.45. The molecule has 370 valence electrons. The van der Waals surface area contributed by atoms with Gasteiger partial charge < -0.3 is 44.7 Å². The van der Waals surface area contributed by atoms with E-state index in [2.05, 4.69) is 52.0 Å². The summed E-state index contributed by atoms with van der Waals surface area (Å²) in [7, 11) is 2.12. The quantitative estimate of drug-likeness (QED) is 0.0109. The van der Waals surface area contributed by atoms with E-state index in [9.17, 15) is 29.3 Å². The zero-order valence-corrected chi connectivity index (χ0v) is 40.7. The number of carbonyl (C=O) groups excluding carboxylic acids is 4. The lowest BCUT2D eigenvalue weighted by Gasteiger charge is -2.35. The second-order valence-corrected chi connectivity index (χ2v) is 17.4. The Morgan fingerprint density at radius 1 is 0.928 bits per heavy atom. The third-order valence-corrected chi connectivity index (χ3v) is 11.6. The number of nitrogens with zero attached hydrogens (tertiary/aromatic N) is 9. The first-order valence-corrected chi connectivity index (χ1v) is 23.3. The lowest BCUT2D eigenvalue weighted by molar-refractivity contribution is -0.384. The van der Waals surface area contributed by atoms with Gasteiger partial charge in [0.25, 0.3) is 26.1 Å². The number of hydrogen-bond acceptors (Lipinski definition) is 18. The molecule has 2 heterocycles. The Balaban J connectivity index is 1.37. The Labute approximate surface area is 401 Å². The fourth-order valence-corrected chi connectivity index (χ4v) is 7.89. The number of benzene rings is 2. The van der Waals surface area contributed by atoms with Crippen LogP contribution in [0.1, 0.15) is 75.5 Å². The molecule has 0 radical (unpaired) electrons. The van der Waals surface area contributed by atoms with Crippen molar-refractivity contribution >= 4 is 67.0 Å². The Morgan fingerprint density at radius 3 is 2.28 bits per heavy atom. The van der Waals surface area contributed by atoms with Gasteiger partial charge in [0.05, 0.1) is 68.6 Å². The molecule has 3 amide bonds. The number of anilines is 1. The zero-order chi connectivity index (χ0) is 50.3. The summed E-state index contributed by atoms with van der Waals surface area (Å²) in [4.78, 5) is 85.6. The van der Waals surface area contributed by atoms with E-state index >= 15 is 0 Å². The molecule has 0 aliphatic rings. The van der Waals surface area contributed by atoms with E-state index in [-0.39, 0.29) is 112 Å². The van der Waals surface area contributed by atoms with Crippen molar-refractivity contribution in [2.45, 2.75) is 85.0 Å². The molecule has 1 unspecified atom stereocenters. The van der Waals surface area contributed by atoms with Crippen LogP contribution in [0, 0.1) is 21.4 Å². The number of rotatable bonds is 29. The number of aliphatic imine (C=N–C) groups is 1. The Morgan fingerprint density at radius 2 is 1.62 bits per heavy atom. The van der Waals surface area contributed by atoms with Gasteiger partial charge in [0.1, 0.15) is 12.6 Å². The number of nitro groups is 1. The highest BCUT2D eigenvalue weighted by atomic mass is 31.2. The molecule has 4 rings (SSSR count). The van der Waals surface area contributed by atoms with Crippen LogP contribution in [-0.4, -0.2) is 136 Å². The van der Waals surface area contributed by atoms with Crippen LogP contribution in [-0.2, 0) is 41.1 Å². The van der Waals surface area contributed by atoms with Crippen LogP contribution in [0.15, 0.2) is 59.7 Å². The van der Waals surface area contributed by atoms with Gasteiger partial charge in [-0.3, -0.25) is 29.3 Å². The van der Waals surface area contributed by atoms with Crippen molar-refractivity contribution in [2.24, 2.45) is 4.99 Å². The Bertz CT molecular complexity index is 2390. The Hall–Kier alpha value is -6.99. The second-order valence-electron chi connectivity index (χ2n) is 15.9. The number of hydrogen-bond donors (Lipinski definition) is 4. The van der Waals surface area contributed by atoms with E-state index < -0.39 is 37.3 Å². The topological polar surface area (TPSA) is 291 Å². The average Bonchev–Trinajstić information content (AvgIpc) is 3.31. The fraction of sp³-hybridized carbons (Fsp3) is 0.467. The van der Waals surface area contributed by atoms with Gasteiger partial charge in [-0.25, -0.2) is 19.6 Å². The Kier molecular flexibility index (Phi) is 22.5. The molecule has 2 aromatic carbocycles. The maximum atomic E-state index is 13.5. The monoisotopic (exact) mass is 973 g/mol. The molecule has 0 spiro atoms. The van der Waals surface area contributed by atoms with Crippen molar-refractivity contribution in [3.05, 3.63) is 81.7 Å². The van der Waals surface area contributed by atoms with Crippen molar-refractivity contribution in [1.82, 2.24) is 45.5 Å². The third-order valence-electron chi connectivity index (χ3n) is 9.49. The van der Waals surface area contributed by atoms with Crippen molar-refractivity contribution < 1.29 is 42.6 Å². The van der Waals surface area contributed by atoms with E-state index in [1.165, 1.54) is 25.4 Å². The molecule has 24 heteroatoms. The van der Waals surface area contributed by atoms with Gasteiger partial charge in [-0.05, 0) is 63.9 Å². The SMILES string of the molecule is CC(=O)OCCNC(=O)[C@H](CCC(=O)NCCOP(OCCC#N)N(C(C)C)C(C)C)NC(=O)c1ccc(NCc2cnc3nc(/N=C/N(C)C)nc(OCCc4ccc([N+](=O)[O-])cc4)c3n2)cc1. The van der Waals surface area contributed by atoms with E-state index in [0.29, 0.717) is 23.3 Å². The van der Waals surface area contributed by atoms with Crippen LogP contribution < -0.4 is 26.0 Å². The fourth-order valence-electron chi connectivity index (χ4n) is 6.29. The lowest BCUT2D eigenvalue weighted by atomic mass is 10.1. The summed E-state index contributed by atoms with van der Waals surface area (Å²) in [5, 5.41) is 31.4. The third kappa shape index (κ3) is 18.9. The van der Waals surface area contributed by atoms with Crippen LogP contribution in [0.4, 0.5) is 17.3 Å². The van der Waals surface area contributed by atoms with Crippen LogP contribution in [0.5, 0.6) is 5.88 Å². The second kappa shape index (κ2) is 28.4. The first-order chi connectivity index (χ1) is 33.0. The number of non-ortho nitro benzene ring substituents is 1. The normalized spacial score (nSPS) is 12.1. The number of fused-ring (bicyclic) bond motifs is 1. The van der Waals surface area contributed by atoms with Gasteiger partial charge in [-0.15, -0.1) is 0 Å². The first kappa shape index (κ1) is 54.6. The maximum absolute atomic E-state index is 13.5. The minimum atomic E-state index is -1.49. The minimum absolute atomic E-state index is 0.00252. The van der Waals surface area contributed by atoms with Crippen LogP contribution in [0.25, 0.3) is 11.2 Å². The minimum Gasteiger partial charge on any atom is -0.476 e. The summed E-state index contributed by atoms with van der Waals surface area (Å²) >= 11 is 0. The molecule has 2 aromatic heterocycles. The smallest absolute Gasteiger partial charge is 0.302 e. The number of carbonyl (C=O) groups is 4. The number of aromatic nitrogens is 4. The molecule has 69 heavy (non-hydrogen) atoms. The first-order valence-electron chi connectivity index (χ1n) is 22.2. The van der Waals surface area contributed by atoms with E-state index in [1.54, 1.807) is 61.6 Å². The molecule has 0 saturated carbocycles. The van der Waals surface area contributed by atoms with Gasteiger partial charge in [-0.2, -0.15) is 15.2 Å². The summed E-state index contributed by atoms with van der Waals surface area (Å²) in [6.07, 6.45) is 3.60. The molecule has 4 aromatic rings. The molecule has 0 bridgehead atoms. The van der Waals surface area contributed by atoms with Gasteiger partial charge >= 0.3 is 5.97 Å². The lowest BCUT2D eigenvalue weighted by Crippen LogP contribution is -2.48. The van der Waals surface area contributed by atoms with E-state index in [0.717, 1.165) is 5.56 Å². The maximum Gasteiger partial charge on any atom is 0.302 e. The summed E-state index contributed by atoms with van der Waals surface area (Å²) < 4.78 is 24.9. The standard InChI is InChI=1S/C45H60N13O10P/c1-30(2)57(31(3)4)69(67-23-8-20-46)68-26-22-47-39(60)18-17-38(43(62)48-21-25-65-32(5)59)53-42(61)34-11-13-35(14-12-34)49-27-36-28-50-41-40(52-36)44(55-45(54-41)51-29-56(6)7)66-24-19-33-9-15-37(16-10-33)58(63)64/h9-16,28-31,38,49H,8,17-19,21-27H2,1-7H3,(H,47,60)(H,48,62)(H,53,61)/b51-29+/t38-,69?/m0/s1. The van der Waals surface area contributed by atoms with Crippen molar-refractivity contribution in [3.8, 4) is 11.9 Å². The molecule has 2 atom stereocenters. The van der Waals surface area contributed by atoms with Crippen molar-refractivity contribution in [1.29, 1.82) is 5.26 Å². The average molecular weight is 974 g/mol. The van der Waals surface area contributed by atoms with Gasteiger partial charge in [0.2, 0.25) is 17.7 Å². The number of nitrogens with one attached hydrogen (secondary N) is 4.